The van der Waals surface area contributed by atoms with E-state index in [9.17, 15) is 19.2 Å². The second-order valence-electron chi connectivity index (χ2n) is 7.14. The molecule has 10 heteroatoms. The van der Waals surface area contributed by atoms with Crippen LogP contribution in [0.15, 0.2) is 0 Å². The Bertz CT molecular complexity index is 489. The van der Waals surface area contributed by atoms with Crippen LogP contribution in [-0.4, -0.2) is 57.5 Å². The molecular formula is C16H26O10. The lowest BCUT2D eigenvalue weighted by atomic mass is 10.0. The second-order valence-corrected chi connectivity index (χ2v) is 7.14. The van der Waals surface area contributed by atoms with Gasteiger partial charge in [0, 0.05) is 12.8 Å². The fourth-order valence-electron chi connectivity index (χ4n) is 2.23. The van der Waals surface area contributed by atoms with E-state index in [4.69, 9.17) is 29.5 Å². The second kappa shape index (κ2) is 9.48. The highest BCUT2D eigenvalue weighted by atomic mass is 17.2. The molecule has 2 atom stereocenters. The monoisotopic (exact) mass is 378 g/mol. The number of rotatable bonds is 9. The highest BCUT2D eigenvalue weighted by Crippen LogP contribution is 2.25. The topological polar surface area (TPSA) is 146 Å². The largest absolute Gasteiger partial charge is 0.473 e. The van der Waals surface area contributed by atoms with E-state index in [1.54, 1.807) is 27.7 Å². The zero-order valence-electron chi connectivity index (χ0n) is 15.7. The van der Waals surface area contributed by atoms with Crippen LogP contribution in [-0.2, 0) is 38.4 Å². The van der Waals surface area contributed by atoms with E-state index < -0.39 is 47.3 Å². The summed E-state index contributed by atoms with van der Waals surface area (Å²) in [5, 5.41) is 17.0. The average Bonchev–Trinajstić information content (AvgIpc) is 2.43. The Hall–Kier alpha value is -2.20. The Labute approximate surface area is 151 Å². The van der Waals surface area contributed by atoms with Crippen molar-refractivity contribution in [1.82, 2.24) is 0 Å². The molecule has 0 aliphatic rings. The van der Waals surface area contributed by atoms with Crippen molar-refractivity contribution in [2.24, 2.45) is 0 Å². The van der Waals surface area contributed by atoms with Crippen molar-refractivity contribution in [1.29, 1.82) is 0 Å². The van der Waals surface area contributed by atoms with E-state index in [0.717, 1.165) is 0 Å². The maximum absolute atomic E-state index is 11.0. The number of hydrogen-bond donors (Lipinski definition) is 2. The minimum absolute atomic E-state index is 0.158. The summed E-state index contributed by atoms with van der Waals surface area (Å²) in [6.45, 7) is 9.66. The van der Waals surface area contributed by atoms with Crippen LogP contribution in [0.4, 0.5) is 0 Å². The van der Waals surface area contributed by atoms with Gasteiger partial charge in [0.1, 0.15) is 23.4 Å². The highest BCUT2D eigenvalue weighted by Gasteiger charge is 2.32. The summed E-state index contributed by atoms with van der Waals surface area (Å²) in [4.78, 5) is 53.8. The molecule has 0 aliphatic carbocycles. The predicted molar refractivity (Wildman–Crippen MR) is 85.9 cm³/mol. The quantitative estimate of drug-likeness (QED) is 0.260. The van der Waals surface area contributed by atoms with E-state index >= 15 is 0 Å². The summed E-state index contributed by atoms with van der Waals surface area (Å²) < 4.78 is 9.45. The maximum atomic E-state index is 11.0. The maximum Gasteiger partial charge on any atom is 0.417 e. The first-order chi connectivity index (χ1) is 11.6. The van der Waals surface area contributed by atoms with Gasteiger partial charge in [0.25, 0.3) is 0 Å². The zero-order chi connectivity index (χ0) is 20.7. The number of esters is 2. The summed E-state index contributed by atoms with van der Waals surface area (Å²) in [7, 11) is 0. The van der Waals surface area contributed by atoms with Gasteiger partial charge >= 0.3 is 23.9 Å². The molecule has 0 heterocycles. The summed E-state index contributed by atoms with van der Waals surface area (Å²) >= 11 is 0. The van der Waals surface area contributed by atoms with E-state index in [-0.39, 0.29) is 12.8 Å². The first kappa shape index (κ1) is 23.8. The molecule has 0 fully saturated rings. The summed E-state index contributed by atoms with van der Waals surface area (Å²) in [5.41, 5.74) is -1.84. The van der Waals surface area contributed by atoms with Gasteiger partial charge in [0.05, 0.1) is 0 Å². The molecule has 26 heavy (non-hydrogen) atoms. The fraction of sp³-hybridized carbons (Fsp3) is 0.750. The molecule has 10 nitrogen and oxygen atoms in total. The molecule has 150 valence electrons. The van der Waals surface area contributed by atoms with Gasteiger partial charge in [-0.15, -0.1) is 0 Å². The van der Waals surface area contributed by atoms with Crippen molar-refractivity contribution in [2.45, 2.75) is 77.8 Å². The number of aliphatic carboxylic acids is 2. The Morgan fingerprint density at radius 1 is 0.731 bits per heavy atom. The number of carbonyl (C=O) groups is 4. The predicted octanol–water partition coefficient (Wildman–Crippen LogP) is 1.30. The van der Waals surface area contributed by atoms with Crippen molar-refractivity contribution < 1.29 is 48.6 Å². The minimum atomic E-state index is -1.68. The number of carboxylic acids is 2. The number of carbonyl (C=O) groups excluding carboxylic acids is 2. The molecule has 0 aliphatic heterocycles. The van der Waals surface area contributed by atoms with Crippen LogP contribution >= 0.6 is 0 Å². The SMILES string of the molecule is CC(CC(C)(C)OOC(C)(C)CC(C)OC(=O)C(=O)O)OC(=O)C(=O)O. The molecule has 0 saturated carbocycles. The highest BCUT2D eigenvalue weighted by molar-refractivity contribution is 6.29. The third kappa shape index (κ3) is 9.94. The molecule has 0 aromatic rings. The number of ether oxygens (including phenoxy) is 2. The molecule has 0 aromatic carbocycles. The van der Waals surface area contributed by atoms with E-state index in [0.29, 0.717) is 0 Å². The molecule has 2 N–H and O–H groups in total. The van der Waals surface area contributed by atoms with Crippen LogP contribution in [0.2, 0.25) is 0 Å². The van der Waals surface area contributed by atoms with E-state index in [1.165, 1.54) is 13.8 Å². The first-order valence-corrected chi connectivity index (χ1v) is 7.90. The van der Waals surface area contributed by atoms with E-state index in [1.807, 2.05) is 0 Å². The van der Waals surface area contributed by atoms with Crippen LogP contribution in [0.3, 0.4) is 0 Å². The Balaban J connectivity index is 4.53. The standard InChI is InChI=1S/C16H26O10/c1-9(23-13(21)11(17)18)7-15(3,4)25-26-16(5,6)8-10(2)24-14(22)12(19)20/h9-10H,7-8H2,1-6H3,(H,17,18)(H,19,20). The molecule has 0 bridgehead atoms. The normalized spacial score (nSPS) is 14.2. The minimum Gasteiger partial charge on any atom is -0.473 e. The smallest absolute Gasteiger partial charge is 0.417 e. The average molecular weight is 378 g/mol. The van der Waals surface area contributed by atoms with Crippen molar-refractivity contribution >= 4 is 23.9 Å². The van der Waals surface area contributed by atoms with Crippen LogP contribution in [0, 0.1) is 0 Å². The van der Waals surface area contributed by atoms with Gasteiger partial charge in [-0.2, -0.15) is 0 Å². The summed E-state index contributed by atoms with van der Waals surface area (Å²) in [5.74, 6) is -6.08. The molecule has 0 radical (unpaired) electrons. The zero-order valence-corrected chi connectivity index (χ0v) is 15.7. The lowest BCUT2D eigenvalue weighted by Crippen LogP contribution is -2.38. The summed E-state index contributed by atoms with van der Waals surface area (Å²) in [6.07, 6.45) is -1.14. The lowest BCUT2D eigenvalue weighted by Gasteiger charge is -2.33. The Morgan fingerprint density at radius 3 is 1.23 bits per heavy atom. The molecule has 0 rings (SSSR count). The van der Waals surface area contributed by atoms with Gasteiger partial charge in [-0.25, -0.2) is 29.0 Å². The fourth-order valence-corrected chi connectivity index (χ4v) is 2.23. The molecule has 0 saturated heterocycles. The summed E-state index contributed by atoms with van der Waals surface area (Å²) in [6, 6.07) is 0. The van der Waals surface area contributed by atoms with Crippen LogP contribution in [0.1, 0.15) is 54.4 Å². The van der Waals surface area contributed by atoms with Gasteiger partial charge in [-0.05, 0) is 41.5 Å². The van der Waals surface area contributed by atoms with Crippen molar-refractivity contribution in [2.75, 3.05) is 0 Å². The number of carboxylic acid groups (broad SMARTS) is 2. The third-order valence-corrected chi connectivity index (χ3v) is 3.02. The Morgan fingerprint density at radius 2 is 1.00 bits per heavy atom. The molecule has 0 aromatic heterocycles. The van der Waals surface area contributed by atoms with Crippen molar-refractivity contribution in [3.63, 3.8) is 0 Å². The van der Waals surface area contributed by atoms with Gasteiger partial charge in [0.15, 0.2) is 0 Å². The third-order valence-electron chi connectivity index (χ3n) is 3.02. The molecule has 0 spiro atoms. The molecule has 0 amide bonds. The van der Waals surface area contributed by atoms with Gasteiger partial charge in [0.2, 0.25) is 0 Å². The van der Waals surface area contributed by atoms with Crippen molar-refractivity contribution in [3.05, 3.63) is 0 Å². The Kier molecular flexibility index (Phi) is 8.68. The van der Waals surface area contributed by atoms with Crippen molar-refractivity contribution in [3.8, 4) is 0 Å². The van der Waals surface area contributed by atoms with Gasteiger partial charge in [-0.1, -0.05) is 0 Å². The molecule has 2 unspecified atom stereocenters. The van der Waals surface area contributed by atoms with Crippen LogP contribution in [0.25, 0.3) is 0 Å². The molecular weight excluding hydrogens is 352 g/mol. The lowest BCUT2D eigenvalue weighted by molar-refractivity contribution is -0.406. The van der Waals surface area contributed by atoms with Crippen LogP contribution < -0.4 is 0 Å². The van der Waals surface area contributed by atoms with Crippen LogP contribution in [0.5, 0.6) is 0 Å². The first-order valence-electron chi connectivity index (χ1n) is 7.90. The van der Waals surface area contributed by atoms with E-state index in [2.05, 4.69) is 0 Å². The van der Waals surface area contributed by atoms with Gasteiger partial charge < -0.3 is 19.7 Å². The van der Waals surface area contributed by atoms with Gasteiger partial charge in [-0.3, -0.25) is 0 Å². The number of hydrogen-bond acceptors (Lipinski definition) is 8.